The number of anilines is 1. The number of halogens is 2. The van der Waals surface area contributed by atoms with Gasteiger partial charge in [-0.05, 0) is 26.0 Å². The SMILES string of the molecule is Cc1nc(-c2nnn(C)c2CC(=O)OC(C)c2cncc(F)c2Cl)ccc1NS(C)(=O)=O. The maximum absolute atomic E-state index is 13.6. The lowest BCUT2D eigenvalue weighted by Gasteiger charge is -2.15. The first-order valence-electron chi connectivity index (χ1n) is 9.29. The first kappa shape index (κ1) is 23.5. The Morgan fingerprint density at radius 3 is 2.72 bits per heavy atom. The summed E-state index contributed by atoms with van der Waals surface area (Å²) in [6, 6.07) is 3.12. The van der Waals surface area contributed by atoms with Gasteiger partial charge >= 0.3 is 5.97 Å². The highest BCUT2D eigenvalue weighted by molar-refractivity contribution is 7.92. The molecule has 1 atom stereocenters. The van der Waals surface area contributed by atoms with Gasteiger partial charge in [0, 0.05) is 18.8 Å². The highest BCUT2D eigenvalue weighted by Gasteiger charge is 2.22. The van der Waals surface area contributed by atoms with E-state index in [-0.39, 0.29) is 17.0 Å². The second-order valence-electron chi connectivity index (χ2n) is 7.05. The van der Waals surface area contributed by atoms with Crippen molar-refractivity contribution in [3.63, 3.8) is 0 Å². The van der Waals surface area contributed by atoms with Crippen molar-refractivity contribution >= 4 is 33.3 Å². The predicted molar refractivity (Wildman–Crippen MR) is 115 cm³/mol. The number of nitrogens with zero attached hydrogens (tertiary/aromatic N) is 5. The van der Waals surface area contributed by atoms with Crippen molar-refractivity contribution in [2.24, 2.45) is 7.05 Å². The summed E-state index contributed by atoms with van der Waals surface area (Å²) in [5.41, 5.74) is 2.18. The standard InChI is InChI=1S/C19H20ClFN6O4S/c1-10-14(25-32(4,29)30)5-6-15(23-10)19-16(27(3)26-24-19)7-17(28)31-11(2)12-8-22-9-13(21)18(12)20/h5-6,8-9,11,25H,7H2,1-4H3. The molecule has 1 N–H and O–H groups in total. The Labute approximate surface area is 188 Å². The van der Waals surface area contributed by atoms with Crippen LogP contribution in [-0.4, -0.2) is 45.6 Å². The quantitative estimate of drug-likeness (QED) is 0.509. The summed E-state index contributed by atoms with van der Waals surface area (Å²) in [6.07, 6.45) is 2.33. The van der Waals surface area contributed by atoms with Gasteiger partial charge < -0.3 is 4.74 Å². The van der Waals surface area contributed by atoms with Crippen molar-refractivity contribution in [1.82, 2.24) is 25.0 Å². The lowest BCUT2D eigenvalue weighted by atomic mass is 10.1. The zero-order chi connectivity index (χ0) is 23.6. The fourth-order valence-corrected chi connectivity index (χ4v) is 3.80. The van der Waals surface area contributed by atoms with Crippen molar-refractivity contribution in [3.05, 3.63) is 52.3 Å². The molecule has 0 fully saturated rings. The molecule has 3 heterocycles. The Kier molecular flexibility index (Phi) is 6.74. The molecule has 10 nitrogen and oxygen atoms in total. The van der Waals surface area contributed by atoms with Gasteiger partial charge in [-0.2, -0.15) is 0 Å². The summed E-state index contributed by atoms with van der Waals surface area (Å²) in [4.78, 5) is 20.7. The molecule has 1 unspecified atom stereocenters. The Morgan fingerprint density at radius 1 is 1.34 bits per heavy atom. The van der Waals surface area contributed by atoms with Crippen LogP contribution in [0, 0.1) is 12.7 Å². The summed E-state index contributed by atoms with van der Waals surface area (Å²) in [5, 5.41) is 7.86. The van der Waals surface area contributed by atoms with Crippen molar-refractivity contribution in [2.45, 2.75) is 26.4 Å². The molecule has 0 aliphatic heterocycles. The van der Waals surface area contributed by atoms with Gasteiger partial charge in [0.05, 0.1) is 46.7 Å². The van der Waals surface area contributed by atoms with Gasteiger partial charge in [0.2, 0.25) is 10.0 Å². The largest absolute Gasteiger partial charge is 0.457 e. The first-order valence-corrected chi connectivity index (χ1v) is 11.6. The molecule has 170 valence electrons. The smallest absolute Gasteiger partial charge is 0.312 e. The van der Waals surface area contributed by atoms with Crippen LogP contribution in [-0.2, 0) is 33.0 Å². The molecule has 0 amide bonds. The number of nitrogens with one attached hydrogen (secondary N) is 1. The Balaban J connectivity index is 1.81. The Hall–Kier alpha value is -3.12. The molecule has 0 saturated carbocycles. The highest BCUT2D eigenvalue weighted by atomic mass is 35.5. The maximum Gasteiger partial charge on any atom is 0.312 e. The van der Waals surface area contributed by atoms with Crippen molar-refractivity contribution < 1.29 is 22.3 Å². The second-order valence-corrected chi connectivity index (χ2v) is 9.17. The molecule has 13 heteroatoms. The van der Waals surface area contributed by atoms with Crippen LogP contribution in [0.4, 0.5) is 10.1 Å². The van der Waals surface area contributed by atoms with E-state index in [1.54, 1.807) is 33.0 Å². The lowest BCUT2D eigenvalue weighted by Crippen LogP contribution is -2.15. The number of esters is 1. The molecule has 32 heavy (non-hydrogen) atoms. The predicted octanol–water partition coefficient (Wildman–Crippen LogP) is 2.59. The molecule has 3 aromatic rings. The van der Waals surface area contributed by atoms with Gasteiger partial charge in [0.25, 0.3) is 0 Å². The molecule has 3 aromatic heterocycles. The number of hydrogen-bond acceptors (Lipinski definition) is 8. The zero-order valence-electron chi connectivity index (χ0n) is 17.6. The Bertz CT molecular complexity index is 1280. The highest BCUT2D eigenvalue weighted by Crippen LogP contribution is 2.28. The molecule has 0 saturated heterocycles. The number of hydrogen-bond donors (Lipinski definition) is 1. The normalized spacial score (nSPS) is 12.4. The van der Waals surface area contributed by atoms with Crippen LogP contribution in [0.5, 0.6) is 0 Å². The number of carbonyl (C=O) groups is 1. The number of pyridine rings is 2. The third-order valence-corrected chi connectivity index (χ3v) is 5.48. The topological polar surface area (TPSA) is 129 Å². The van der Waals surface area contributed by atoms with E-state index in [0.717, 1.165) is 12.5 Å². The molecule has 3 rings (SSSR count). The molecular weight excluding hydrogens is 463 g/mol. The van der Waals surface area contributed by atoms with Crippen LogP contribution in [0.3, 0.4) is 0 Å². The number of carbonyl (C=O) groups excluding carboxylic acids is 1. The van der Waals surface area contributed by atoms with E-state index in [1.165, 1.54) is 10.9 Å². The van der Waals surface area contributed by atoms with E-state index in [2.05, 4.69) is 25.0 Å². The molecule has 0 spiro atoms. The molecule has 0 aliphatic carbocycles. The summed E-state index contributed by atoms with van der Waals surface area (Å²) >= 11 is 5.93. The minimum atomic E-state index is -3.46. The van der Waals surface area contributed by atoms with E-state index in [9.17, 15) is 17.6 Å². The van der Waals surface area contributed by atoms with Gasteiger partial charge in [0.15, 0.2) is 5.82 Å². The summed E-state index contributed by atoms with van der Waals surface area (Å²) < 4.78 is 45.7. The van der Waals surface area contributed by atoms with E-state index in [0.29, 0.717) is 28.5 Å². The monoisotopic (exact) mass is 482 g/mol. The van der Waals surface area contributed by atoms with Crippen LogP contribution >= 0.6 is 11.6 Å². The van der Waals surface area contributed by atoms with Crippen LogP contribution in [0.1, 0.15) is 30.0 Å². The van der Waals surface area contributed by atoms with Gasteiger partial charge in [-0.1, -0.05) is 16.8 Å². The molecular formula is C19H20ClFN6O4S. The third kappa shape index (κ3) is 5.37. The van der Waals surface area contributed by atoms with Crippen LogP contribution in [0.25, 0.3) is 11.4 Å². The average Bonchev–Trinajstić information content (AvgIpc) is 3.04. The van der Waals surface area contributed by atoms with Crippen LogP contribution < -0.4 is 4.72 Å². The van der Waals surface area contributed by atoms with Crippen molar-refractivity contribution in [3.8, 4) is 11.4 Å². The average molecular weight is 483 g/mol. The van der Waals surface area contributed by atoms with Crippen molar-refractivity contribution in [1.29, 1.82) is 0 Å². The number of rotatable bonds is 7. The van der Waals surface area contributed by atoms with E-state index in [4.69, 9.17) is 16.3 Å². The fourth-order valence-electron chi connectivity index (χ4n) is 2.93. The zero-order valence-corrected chi connectivity index (χ0v) is 19.2. The van der Waals surface area contributed by atoms with Gasteiger partial charge in [-0.25, -0.2) is 17.8 Å². The molecule has 0 aliphatic rings. The fraction of sp³-hybridized carbons (Fsp3) is 0.316. The number of aromatic nitrogens is 5. The van der Waals surface area contributed by atoms with E-state index in [1.807, 2.05) is 0 Å². The van der Waals surface area contributed by atoms with Crippen LogP contribution in [0.15, 0.2) is 24.5 Å². The van der Waals surface area contributed by atoms with Crippen LogP contribution in [0.2, 0.25) is 5.02 Å². The minimum absolute atomic E-state index is 0.161. The van der Waals surface area contributed by atoms with Crippen molar-refractivity contribution in [2.75, 3.05) is 11.0 Å². The molecule has 0 radical (unpaired) electrons. The maximum atomic E-state index is 13.6. The number of aryl methyl sites for hydroxylation is 2. The van der Waals surface area contributed by atoms with Gasteiger partial charge in [-0.15, -0.1) is 5.10 Å². The Morgan fingerprint density at radius 2 is 2.06 bits per heavy atom. The minimum Gasteiger partial charge on any atom is -0.457 e. The number of ether oxygens (including phenoxy) is 1. The first-order chi connectivity index (χ1) is 15.0. The second kappa shape index (κ2) is 9.17. The summed E-state index contributed by atoms with van der Waals surface area (Å²) in [5.74, 6) is -1.32. The summed E-state index contributed by atoms with van der Waals surface area (Å²) in [6.45, 7) is 3.20. The lowest BCUT2D eigenvalue weighted by molar-refractivity contribution is -0.147. The van der Waals surface area contributed by atoms with E-state index >= 15 is 0 Å². The molecule has 0 bridgehead atoms. The number of sulfonamides is 1. The third-order valence-electron chi connectivity index (χ3n) is 4.49. The molecule has 0 aromatic carbocycles. The summed E-state index contributed by atoms with van der Waals surface area (Å²) in [7, 11) is -1.84. The van der Waals surface area contributed by atoms with Gasteiger partial charge in [0.1, 0.15) is 11.8 Å². The van der Waals surface area contributed by atoms with Gasteiger partial charge in [-0.3, -0.25) is 19.2 Å². The van der Waals surface area contributed by atoms with E-state index < -0.39 is 27.9 Å².